The maximum Gasteiger partial charge on any atom is 0.490 e. The Morgan fingerprint density at radius 2 is 2.24 bits per heavy atom. The Hall–Kier alpha value is -1.11. The Balaban J connectivity index is 2.29. The lowest BCUT2D eigenvalue weighted by molar-refractivity contribution is 0.0785. The molecule has 1 amide bonds. The molecule has 2 N–H and O–H groups in total. The van der Waals surface area contributed by atoms with Gasteiger partial charge in [0, 0.05) is 24.7 Å². The highest BCUT2D eigenvalue weighted by Gasteiger charge is 2.31. The molecular formula is C10H12BClN2O3. The van der Waals surface area contributed by atoms with Crippen LogP contribution in [0.5, 0.6) is 0 Å². The first kappa shape index (κ1) is 12.4. The largest absolute Gasteiger partial charge is 0.490 e. The molecule has 0 aromatic carbocycles. The molecule has 7 heteroatoms. The summed E-state index contributed by atoms with van der Waals surface area (Å²) < 4.78 is 0. The molecule has 1 heterocycles. The number of rotatable bonds is 3. The molecule has 1 aromatic heterocycles. The van der Waals surface area contributed by atoms with Crippen LogP contribution in [0, 0.1) is 0 Å². The van der Waals surface area contributed by atoms with E-state index >= 15 is 0 Å². The Kier molecular flexibility index (Phi) is 3.37. The highest BCUT2D eigenvalue weighted by atomic mass is 35.5. The van der Waals surface area contributed by atoms with Crippen molar-refractivity contribution < 1.29 is 14.8 Å². The van der Waals surface area contributed by atoms with Crippen LogP contribution < -0.4 is 5.46 Å². The third kappa shape index (κ3) is 2.59. The Labute approximate surface area is 104 Å². The fraction of sp³-hybridized carbons (Fsp3) is 0.400. The van der Waals surface area contributed by atoms with Crippen LogP contribution in [-0.4, -0.2) is 46.0 Å². The minimum absolute atomic E-state index is 0.0758. The zero-order chi connectivity index (χ0) is 12.6. The molecule has 2 rings (SSSR count). The second-order valence-corrected chi connectivity index (χ2v) is 4.49. The van der Waals surface area contributed by atoms with Gasteiger partial charge in [-0.1, -0.05) is 11.6 Å². The zero-order valence-electron chi connectivity index (χ0n) is 9.30. The van der Waals surface area contributed by atoms with Crippen LogP contribution in [0.25, 0.3) is 0 Å². The minimum Gasteiger partial charge on any atom is -0.423 e. The van der Waals surface area contributed by atoms with Crippen LogP contribution in [0.3, 0.4) is 0 Å². The normalized spacial score (nSPS) is 14.6. The van der Waals surface area contributed by atoms with Crippen molar-refractivity contribution in [2.45, 2.75) is 18.9 Å². The summed E-state index contributed by atoms with van der Waals surface area (Å²) in [5.74, 6) is -0.243. The molecule has 90 valence electrons. The van der Waals surface area contributed by atoms with Crippen molar-refractivity contribution in [3.8, 4) is 0 Å². The summed E-state index contributed by atoms with van der Waals surface area (Å²) in [6, 6.07) is 1.63. The van der Waals surface area contributed by atoms with Gasteiger partial charge >= 0.3 is 7.12 Å². The molecule has 1 aliphatic carbocycles. The highest BCUT2D eigenvalue weighted by molar-refractivity contribution is 6.58. The number of aromatic nitrogens is 1. The summed E-state index contributed by atoms with van der Waals surface area (Å²) in [5, 5.41) is 18.1. The molecule has 5 nitrogen and oxygen atoms in total. The Morgan fingerprint density at radius 1 is 1.59 bits per heavy atom. The van der Waals surface area contributed by atoms with E-state index < -0.39 is 7.12 Å². The quantitative estimate of drug-likeness (QED) is 0.571. The molecule has 0 bridgehead atoms. The van der Waals surface area contributed by atoms with Crippen molar-refractivity contribution in [3.05, 3.63) is 23.0 Å². The summed E-state index contributed by atoms with van der Waals surface area (Å²) >= 11 is 5.84. The summed E-state index contributed by atoms with van der Waals surface area (Å²) in [6.07, 6.45) is 3.23. The second kappa shape index (κ2) is 4.64. The lowest BCUT2D eigenvalue weighted by Crippen LogP contribution is -2.34. The van der Waals surface area contributed by atoms with Gasteiger partial charge in [0.1, 0.15) is 5.15 Å². The predicted molar refractivity (Wildman–Crippen MR) is 64.2 cm³/mol. The van der Waals surface area contributed by atoms with Gasteiger partial charge in [-0.25, -0.2) is 4.98 Å². The van der Waals surface area contributed by atoms with Crippen LogP contribution in [0.4, 0.5) is 0 Å². The van der Waals surface area contributed by atoms with E-state index in [0.717, 1.165) is 12.8 Å². The van der Waals surface area contributed by atoms with Gasteiger partial charge in [-0.3, -0.25) is 4.79 Å². The van der Waals surface area contributed by atoms with Crippen LogP contribution in [0.15, 0.2) is 12.3 Å². The molecule has 1 aromatic rings. The second-order valence-electron chi connectivity index (χ2n) is 4.13. The van der Waals surface area contributed by atoms with Gasteiger partial charge < -0.3 is 14.9 Å². The van der Waals surface area contributed by atoms with Crippen molar-refractivity contribution in [2.24, 2.45) is 0 Å². The molecule has 0 aliphatic heterocycles. The van der Waals surface area contributed by atoms with Crippen LogP contribution in [-0.2, 0) is 0 Å². The van der Waals surface area contributed by atoms with Gasteiger partial charge in [0.25, 0.3) is 5.91 Å². The predicted octanol–water partition coefficient (Wildman–Crippen LogP) is -0.351. The number of amides is 1. The lowest BCUT2D eigenvalue weighted by atomic mass is 9.81. The smallest absolute Gasteiger partial charge is 0.423 e. The molecule has 0 unspecified atom stereocenters. The Morgan fingerprint density at radius 3 is 2.76 bits per heavy atom. The maximum absolute atomic E-state index is 12.1. The average molecular weight is 254 g/mol. The van der Waals surface area contributed by atoms with Crippen molar-refractivity contribution >= 4 is 30.1 Å². The molecule has 0 atom stereocenters. The first-order valence-corrected chi connectivity index (χ1v) is 5.67. The topological polar surface area (TPSA) is 73.7 Å². The molecule has 1 fully saturated rings. The van der Waals surface area contributed by atoms with Gasteiger partial charge in [0.05, 0.1) is 5.56 Å². The maximum atomic E-state index is 12.1. The molecular weight excluding hydrogens is 242 g/mol. The Bertz CT molecular complexity index is 451. The van der Waals surface area contributed by atoms with E-state index in [2.05, 4.69) is 4.98 Å². The van der Waals surface area contributed by atoms with Crippen molar-refractivity contribution in [1.82, 2.24) is 9.88 Å². The van der Waals surface area contributed by atoms with Crippen molar-refractivity contribution in [2.75, 3.05) is 7.05 Å². The summed E-state index contributed by atoms with van der Waals surface area (Å²) in [4.78, 5) is 17.4. The molecule has 0 radical (unpaired) electrons. The van der Waals surface area contributed by atoms with E-state index in [1.165, 1.54) is 12.3 Å². The van der Waals surface area contributed by atoms with Crippen LogP contribution in [0.2, 0.25) is 5.15 Å². The summed E-state index contributed by atoms with van der Waals surface area (Å²) in [7, 11) is 0.0517. The molecule has 17 heavy (non-hydrogen) atoms. The van der Waals surface area contributed by atoms with Crippen LogP contribution in [0.1, 0.15) is 23.2 Å². The number of halogens is 1. The monoisotopic (exact) mass is 254 g/mol. The van der Waals surface area contributed by atoms with Gasteiger partial charge in [0.2, 0.25) is 0 Å². The average Bonchev–Trinajstić information content (AvgIpc) is 3.11. The standard InChI is InChI=1S/C10H12BClN2O3/c1-14(7-2-3-7)10(15)8-4-6(11(16)17)5-13-9(8)12/h4-5,7,16-17H,2-3H2,1H3. The minimum atomic E-state index is -1.66. The molecule has 1 aliphatic rings. The molecule has 0 spiro atoms. The fourth-order valence-corrected chi connectivity index (χ4v) is 1.76. The number of hydrogen-bond acceptors (Lipinski definition) is 4. The lowest BCUT2D eigenvalue weighted by Gasteiger charge is -2.17. The van der Waals surface area contributed by atoms with Crippen LogP contribution >= 0.6 is 11.6 Å². The SMILES string of the molecule is CN(C(=O)c1cc(B(O)O)cnc1Cl)C1CC1. The van der Waals surface area contributed by atoms with Crippen molar-refractivity contribution in [1.29, 1.82) is 0 Å². The fourth-order valence-electron chi connectivity index (χ4n) is 1.57. The highest BCUT2D eigenvalue weighted by Crippen LogP contribution is 2.27. The van der Waals surface area contributed by atoms with E-state index in [9.17, 15) is 4.79 Å². The molecule has 1 saturated carbocycles. The van der Waals surface area contributed by atoms with Gasteiger partial charge in [0.15, 0.2) is 0 Å². The number of carbonyl (C=O) groups is 1. The first-order valence-electron chi connectivity index (χ1n) is 5.29. The zero-order valence-corrected chi connectivity index (χ0v) is 10.1. The van der Waals surface area contributed by atoms with Gasteiger partial charge in [-0.2, -0.15) is 0 Å². The number of hydrogen-bond donors (Lipinski definition) is 2. The van der Waals surface area contributed by atoms with E-state index in [-0.39, 0.29) is 28.1 Å². The summed E-state index contributed by atoms with van der Waals surface area (Å²) in [5.41, 5.74) is 0.355. The van der Waals surface area contributed by atoms with Gasteiger partial charge in [-0.05, 0) is 18.9 Å². The van der Waals surface area contributed by atoms with E-state index in [0.29, 0.717) is 0 Å². The van der Waals surface area contributed by atoms with E-state index in [1.54, 1.807) is 11.9 Å². The van der Waals surface area contributed by atoms with E-state index in [4.69, 9.17) is 21.6 Å². The number of carbonyl (C=O) groups excluding carboxylic acids is 1. The third-order valence-electron chi connectivity index (χ3n) is 2.80. The third-order valence-corrected chi connectivity index (χ3v) is 3.10. The van der Waals surface area contributed by atoms with Crippen molar-refractivity contribution in [3.63, 3.8) is 0 Å². The number of nitrogens with zero attached hydrogens (tertiary/aromatic N) is 2. The van der Waals surface area contributed by atoms with E-state index in [1.807, 2.05) is 0 Å². The first-order chi connectivity index (χ1) is 8.00. The van der Waals surface area contributed by atoms with Gasteiger partial charge in [-0.15, -0.1) is 0 Å². The number of pyridine rings is 1. The summed E-state index contributed by atoms with van der Waals surface area (Å²) in [6.45, 7) is 0. The molecule has 0 saturated heterocycles.